The Bertz CT molecular complexity index is 3420. The van der Waals surface area contributed by atoms with E-state index in [4.69, 9.17) is 0 Å². The van der Waals surface area contributed by atoms with Crippen molar-refractivity contribution in [2.45, 2.75) is 0 Å². The van der Waals surface area contributed by atoms with Gasteiger partial charge < -0.3 is 13.7 Å². The number of aromatic nitrogens is 3. The summed E-state index contributed by atoms with van der Waals surface area (Å²) >= 11 is 0. The molecule has 0 spiro atoms. The van der Waals surface area contributed by atoms with Crippen LogP contribution in [-0.4, -0.2) is 13.7 Å². The van der Waals surface area contributed by atoms with Gasteiger partial charge in [-0.1, -0.05) is 109 Å². The van der Waals surface area contributed by atoms with Gasteiger partial charge in [-0.2, -0.15) is 10.5 Å². The first-order valence-electron chi connectivity index (χ1n) is 18.3. The van der Waals surface area contributed by atoms with E-state index in [0.29, 0.717) is 11.1 Å². The van der Waals surface area contributed by atoms with Gasteiger partial charge in [0, 0.05) is 49.1 Å². The molecular weight excluding hydrogens is 671 g/mol. The number of para-hydroxylation sites is 6. The Morgan fingerprint density at radius 3 is 1.51 bits per heavy atom. The number of nitriles is 2. The van der Waals surface area contributed by atoms with Gasteiger partial charge in [0.2, 0.25) is 0 Å². The van der Waals surface area contributed by atoms with E-state index in [-0.39, 0.29) is 0 Å². The second-order valence-corrected chi connectivity index (χ2v) is 14.0. The molecule has 0 unspecified atom stereocenters. The highest BCUT2D eigenvalue weighted by Crippen LogP contribution is 2.41. The molecule has 5 heteroatoms. The van der Waals surface area contributed by atoms with Crippen molar-refractivity contribution >= 4 is 65.4 Å². The van der Waals surface area contributed by atoms with Gasteiger partial charge in [0.05, 0.1) is 67.7 Å². The highest BCUT2D eigenvalue weighted by Gasteiger charge is 2.22. The number of rotatable bonds is 4. The molecule has 254 valence electrons. The lowest BCUT2D eigenvalue weighted by molar-refractivity contribution is 1.13. The fraction of sp³-hybridized carbons (Fsp3) is 0. The van der Waals surface area contributed by atoms with Gasteiger partial charge in [-0.15, -0.1) is 0 Å². The first kappa shape index (κ1) is 30.7. The molecule has 0 aliphatic carbocycles. The molecule has 0 aliphatic heterocycles. The predicted octanol–water partition coefficient (Wildman–Crippen LogP) is 12.4. The molecule has 0 atom stereocenters. The standard InChI is InChI=1S/C50H29N5/c51-30-32-24-27-48-42(28-32)40-16-5-10-22-47(40)54(48)44-19-7-1-12-36(44)35-26-25-34(29-33(35)31-52)53-43-18-6-4-15-39(43)41-17-11-23-49(50(41)53)55-45-20-8-2-13-37(45)38-14-3-9-21-46(38)55/h1-29H. The van der Waals surface area contributed by atoms with Crippen molar-refractivity contribution < 1.29 is 0 Å². The van der Waals surface area contributed by atoms with Crippen molar-refractivity contribution in [2.75, 3.05) is 0 Å². The average molecular weight is 700 g/mol. The van der Waals surface area contributed by atoms with Crippen LogP contribution in [0.2, 0.25) is 0 Å². The topological polar surface area (TPSA) is 62.4 Å². The Labute approximate surface area is 316 Å². The summed E-state index contributed by atoms with van der Waals surface area (Å²) in [6.45, 7) is 0. The maximum atomic E-state index is 10.9. The van der Waals surface area contributed by atoms with Crippen LogP contribution in [-0.2, 0) is 0 Å². The van der Waals surface area contributed by atoms with E-state index in [2.05, 4.69) is 153 Å². The molecule has 0 radical (unpaired) electrons. The third kappa shape index (κ3) is 4.39. The molecule has 5 nitrogen and oxygen atoms in total. The van der Waals surface area contributed by atoms with E-state index in [9.17, 15) is 10.5 Å². The van der Waals surface area contributed by atoms with Crippen LogP contribution in [0.5, 0.6) is 0 Å². The molecular formula is C50H29N5. The quantitative estimate of drug-likeness (QED) is 0.184. The van der Waals surface area contributed by atoms with E-state index in [1.807, 2.05) is 48.5 Å². The summed E-state index contributed by atoms with van der Waals surface area (Å²) in [5, 5.41) is 27.4. The van der Waals surface area contributed by atoms with Crippen LogP contribution in [0, 0.1) is 22.7 Å². The van der Waals surface area contributed by atoms with E-state index in [1.54, 1.807) is 0 Å². The van der Waals surface area contributed by atoms with Crippen molar-refractivity contribution in [2.24, 2.45) is 0 Å². The van der Waals surface area contributed by atoms with E-state index in [1.165, 1.54) is 10.8 Å². The normalized spacial score (nSPS) is 11.6. The van der Waals surface area contributed by atoms with Crippen LogP contribution >= 0.6 is 0 Å². The lowest BCUT2D eigenvalue weighted by atomic mass is 9.97. The van der Waals surface area contributed by atoms with Crippen LogP contribution < -0.4 is 0 Å². The van der Waals surface area contributed by atoms with Gasteiger partial charge in [0.1, 0.15) is 0 Å². The minimum Gasteiger partial charge on any atom is -0.309 e. The zero-order valence-corrected chi connectivity index (χ0v) is 29.5. The summed E-state index contributed by atoms with van der Waals surface area (Å²) in [4.78, 5) is 0. The number of nitrogens with zero attached hydrogens (tertiary/aromatic N) is 5. The van der Waals surface area contributed by atoms with Gasteiger partial charge in [0.15, 0.2) is 0 Å². The second kappa shape index (κ2) is 11.8. The molecule has 11 aromatic rings. The highest BCUT2D eigenvalue weighted by molar-refractivity contribution is 6.15. The Morgan fingerprint density at radius 1 is 0.345 bits per heavy atom. The fourth-order valence-electron chi connectivity index (χ4n) is 8.83. The van der Waals surface area contributed by atoms with Gasteiger partial charge >= 0.3 is 0 Å². The fourth-order valence-corrected chi connectivity index (χ4v) is 8.83. The van der Waals surface area contributed by atoms with Crippen LogP contribution in [0.25, 0.3) is 93.6 Å². The second-order valence-electron chi connectivity index (χ2n) is 14.0. The van der Waals surface area contributed by atoms with Gasteiger partial charge in [-0.25, -0.2) is 0 Å². The average Bonchev–Trinajstić information content (AvgIpc) is 3.89. The molecule has 0 saturated carbocycles. The van der Waals surface area contributed by atoms with Gasteiger partial charge in [0.25, 0.3) is 0 Å². The number of fused-ring (bicyclic) bond motifs is 9. The molecule has 0 saturated heterocycles. The van der Waals surface area contributed by atoms with Gasteiger partial charge in [-0.3, -0.25) is 0 Å². The summed E-state index contributed by atoms with van der Waals surface area (Å²) in [6.07, 6.45) is 0. The lowest BCUT2D eigenvalue weighted by Crippen LogP contribution is -2.02. The molecule has 11 rings (SSSR count). The minimum absolute atomic E-state index is 0.581. The summed E-state index contributed by atoms with van der Waals surface area (Å²) in [6, 6.07) is 65.9. The van der Waals surface area contributed by atoms with Crippen molar-refractivity contribution in [1.29, 1.82) is 10.5 Å². The Balaban J connectivity index is 1.16. The number of hydrogen-bond acceptors (Lipinski definition) is 2. The SMILES string of the molecule is N#Cc1ccc2c(c1)c1ccccc1n2-c1ccccc1-c1ccc(-n2c3ccccc3c3cccc(-n4c5ccccc5c5ccccc54)c32)cc1C#N. The summed E-state index contributed by atoms with van der Waals surface area (Å²) in [5.74, 6) is 0. The molecule has 0 N–H and O–H groups in total. The largest absolute Gasteiger partial charge is 0.309 e. The number of hydrogen-bond donors (Lipinski definition) is 0. The Kier molecular flexibility index (Phi) is 6.61. The smallest absolute Gasteiger partial charge is 0.0998 e. The number of benzene rings is 8. The first-order valence-corrected chi connectivity index (χ1v) is 18.3. The molecule has 0 fully saturated rings. The van der Waals surface area contributed by atoms with E-state index < -0.39 is 0 Å². The molecule has 0 aliphatic rings. The van der Waals surface area contributed by atoms with Crippen LogP contribution in [0.4, 0.5) is 0 Å². The molecule has 55 heavy (non-hydrogen) atoms. The molecule has 3 aromatic heterocycles. The summed E-state index contributed by atoms with van der Waals surface area (Å²) < 4.78 is 6.95. The first-order chi connectivity index (χ1) is 27.2. The van der Waals surface area contributed by atoms with Crippen molar-refractivity contribution in [3.05, 3.63) is 187 Å². The van der Waals surface area contributed by atoms with Crippen molar-refractivity contribution in [3.8, 4) is 40.3 Å². The molecule has 0 amide bonds. The van der Waals surface area contributed by atoms with Crippen LogP contribution in [0.1, 0.15) is 11.1 Å². The van der Waals surface area contributed by atoms with Gasteiger partial charge in [-0.05, 0) is 66.7 Å². The molecule has 0 bridgehead atoms. The van der Waals surface area contributed by atoms with Crippen molar-refractivity contribution in [1.82, 2.24) is 13.7 Å². The maximum Gasteiger partial charge on any atom is 0.0998 e. The van der Waals surface area contributed by atoms with Crippen LogP contribution in [0.3, 0.4) is 0 Å². The highest BCUT2D eigenvalue weighted by atomic mass is 15.1. The predicted molar refractivity (Wildman–Crippen MR) is 224 cm³/mol. The zero-order chi connectivity index (χ0) is 36.6. The molecule has 8 aromatic carbocycles. The van der Waals surface area contributed by atoms with Crippen LogP contribution in [0.15, 0.2) is 176 Å². The maximum absolute atomic E-state index is 10.9. The third-order valence-electron chi connectivity index (χ3n) is 11.1. The van der Waals surface area contributed by atoms with E-state index >= 15 is 0 Å². The monoisotopic (exact) mass is 699 g/mol. The van der Waals surface area contributed by atoms with E-state index in [0.717, 1.165) is 82.8 Å². The Hall–Kier alpha value is -7.86. The Morgan fingerprint density at radius 2 is 0.855 bits per heavy atom. The summed E-state index contributed by atoms with van der Waals surface area (Å²) in [7, 11) is 0. The minimum atomic E-state index is 0.581. The third-order valence-corrected chi connectivity index (χ3v) is 11.1. The zero-order valence-electron chi connectivity index (χ0n) is 29.5. The van der Waals surface area contributed by atoms with Crippen molar-refractivity contribution in [3.63, 3.8) is 0 Å². The molecule has 3 heterocycles. The lowest BCUT2D eigenvalue weighted by Gasteiger charge is -2.17. The summed E-state index contributed by atoms with van der Waals surface area (Å²) in [5.41, 5.74) is 12.4.